The van der Waals surface area contributed by atoms with Gasteiger partial charge in [0.2, 0.25) is 5.89 Å². The second-order valence-electron chi connectivity index (χ2n) is 6.35. The molecule has 3 heteroatoms. The summed E-state index contributed by atoms with van der Waals surface area (Å²) in [7, 11) is 0. The third kappa shape index (κ3) is 1.30. The predicted molar refractivity (Wildman–Crippen MR) is 61.1 cm³/mol. The van der Waals surface area contributed by atoms with Gasteiger partial charge in [0.05, 0.1) is 0 Å². The van der Waals surface area contributed by atoms with Crippen molar-refractivity contribution in [1.29, 1.82) is 5.26 Å². The fraction of sp³-hybridized carbons (Fsp3) is 0.714. The number of rotatable bonds is 1. The third-order valence-electron chi connectivity index (χ3n) is 5.11. The summed E-state index contributed by atoms with van der Waals surface area (Å²) in [5.74, 6) is 3.52. The average Bonchev–Trinajstić information content (AvgIpc) is 2.76. The second-order valence-corrected chi connectivity index (χ2v) is 6.35. The van der Waals surface area contributed by atoms with Crippen molar-refractivity contribution in [2.75, 3.05) is 0 Å². The van der Waals surface area contributed by atoms with Crippen LogP contribution in [0.4, 0.5) is 0 Å². The van der Waals surface area contributed by atoms with Crippen molar-refractivity contribution in [3.8, 4) is 6.07 Å². The lowest BCUT2D eigenvalue weighted by molar-refractivity contribution is -0.0177. The molecule has 0 N–H and O–H groups in total. The number of nitrogens with zero attached hydrogens (tertiary/aromatic N) is 2. The molecule has 4 aliphatic rings. The summed E-state index contributed by atoms with van der Waals surface area (Å²) in [6.07, 6.45) is 9.51. The first-order valence-corrected chi connectivity index (χ1v) is 6.63. The zero-order valence-corrected chi connectivity index (χ0v) is 9.85. The Morgan fingerprint density at radius 3 is 2.24 bits per heavy atom. The van der Waals surface area contributed by atoms with E-state index in [1.807, 2.05) is 0 Å². The first-order valence-electron chi connectivity index (χ1n) is 6.63. The Morgan fingerprint density at radius 1 is 1.18 bits per heavy atom. The zero-order valence-electron chi connectivity index (χ0n) is 9.85. The summed E-state index contributed by atoms with van der Waals surface area (Å²) >= 11 is 0. The molecular formula is C14H16N2O. The zero-order chi connectivity index (χ0) is 11.5. The molecular weight excluding hydrogens is 212 g/mol. The van der Waals surface area contributed by atoms with Gasteiger partial charge in [-0.3, -0.25) is 0 Å². The second kappa shape index (κ2) is 3.13. The largest absolute Gasteiger partial charge is 0.447 e. The van der Waals surface area contributed by atoms with Gasteiger partial charge in [-0.05, 0) is 56.3 Å². The molecule has 1 aromatic heterocycles. The van der Waals surface area contributed by atoms with Crippen LogP contribution in [0.15, 0.2) is 10.7 Å². The SMILES string of the molecule is N#Cc1coc(C23CC4CC(CC(C4)C2)C3)n1. The minimum Gasteiger partial charge on any atom is -0.447 e. The normalized spacial score (nSPS) is 42.6. The van der Waals surface area contributed by atoms with Gasteiger partial charge in [-0.1, -0.05) is 0 Å². The van der Waals surface area contributed by atoms with Gasteiger partial charge in [-0.25, -0.2) is 4.98 Å². The van der Waals surface area contributed by atoms with Gasteiger partial charge < -0.3 is 4.42 Å². The lowest BCUT2D eigenvalue weighted by atomic mass is 9.49. The van der Waals surface area contributed by atoms with Crippen molar-refractivity contribution in [3.05, 3.63) is 17.8 Å². The molecule has 0 radical (unpaired) electrons. The van der Waals surface area contributed by atoms with Gasteiger partial charge in [-0.15, -0.1) is 0 Å². The van der Waals surface area contributed by atoms with Crippen LogP contribution in [0.3, 0.4) is 0 Å². The number of aromatic nitrogens is 1. The van der Waals surface area contributed by atoms with E-state index in [2.05, 4.69) is 11.1 Å². The smallest absolute Gasteiger partial charge is 0.201 e. The molecule has 0 amide bonds. The minimum atomic E-state index is 0.184. The van der Waals surface area contributed by atoms with Crippen LogP contribution in [-0.2, 0) is 5.41 Å². The maximum atomic E-state index is 8.86. The highest BCUT2D eigenvalue weighted by atomic mass is 16.3. The fourth-order valence-electron chi connectivity index (χ4n) is 4.94. The maximum Gasteiger partial charge on any atom is 0.201 e. The Hall–Kier alpha value is -1.30. The summed E-state index contributed by atoms with van der Waals surface area (Å²) in [6.45, 7) is 0. The summed E-state index contributed by atoms with van der Waals surface area (Å²) in [4.78, 5) is 4.39. The average molecular weight is 228 g/mol. The van der Waals surface area contributed by atoms with E-state index < -0.39 is 0 Å². The van der Waals surface area contributed by atoms with Crippen LogP contribution in [0, 0.1) is 29.1 Å². The summed E-state index contributed by atoms with van der Waals surface area (Å²) in [5.41, 5.74) is 0.625. The molecule has 88 valence electrons. The first-order chi connectivity index (χ1) is 8.27. The quantitative estimate of drug-likeness (QED) is 0.742. The predicted octanol–water partition coefficient (Wildman–Crippen LogP) is 3.01. The lowest BCUT2D eigenvalue weighted by Gasteiger charge is -2.55. The summed E-state index contributed by atoms with van der Waals surface area (Å²) in [6, 6.07) is 2.07. The molecule has 4 aliphatic carbocycles. The number of hydrogen-bond donors (Lipinski definition) is 0. The van der Waals surface area contributed by atoms with E-state index in [0.29, 0.717) is 5.69 Å². The fourth-order valence-corrected chi connectivity index (χ4v) is 4.94. The van der Waals surface area contributed by atoms with Crippen molar-refractivity contribution < 1.29 is 4.42 Å². The molecule has 0 spiro atoms. The van der Waals surface area contributed by atoms with Gasteiger partial charge in [0, 0.05) is 5.41 Å². The monoisotopic (exact) mass is 228 g/mol. The van der Waals surface area contributed by atoms with Gasteiger partial charge in [0.15, 0.2) is 5.69 Å². The van der Waals surface area contributed by atoms with Crippen molar-refractivity contribution in [1.82, 2.24) is 4.98 Å². The third-order valence-corrected chi connectivity index (χ3v) is 5.11. The van der Waals surface area contributed by atoms with E-state index in [0.717, 1.165) is 23.6 Å². The molecule has 3 nitrogen and oxygen atoms in total. The molecule has 0 atom stereocenters. The number of nitriles is 1. The molecule has 1 heterocycles. The minimum absolute atomic E-state index is 0.184. The standard InChI is InChI=1S/C14H16N2O/c15-7-12-8-17-13(16-12)14-4-9-1-10(5-14)3-11(2-9)6-14/h8-11H,1-6H2. The molecule has 4 saturated carbocycles. The molecule has 4 bridgehead atoms. The van der Waals surface area contributed by atoms with E-state index >= 15 is 0 Å². The van der Waals surface area contributed by atoms with Crippen LogP contribution in [-0.4, -0.2) is 4.98 Å². The molecule has 0 aromatic carbocycles. The first kappa shape index (κ1) is 9.70. The number of hydrogen-bond acceptors (Lipinski definition) is 3. The van der Waals surface area contributed by atoms with E-state index in [9.17, 15) is 0 Å². The number of oxazole rings is 1. The summed E-state index contributed by atoms with van der Waals surface area (Å²) < 4.78 is 5.61. The van der Waals surface area contributed by atoms with Gasteiger partial charge in [-0.2, -0.15) is 5.26 Å². The van der Waals surface area contributed by atoms with Crippen molar-refractivity contribution >= 4 is 0 Å². The van der Waals surface area contributed by atoms with Crippen molar-refractivity contribution in [2.24, 2.45) is 17.8 Å². The molecule has 5 rings (SSSR count). The highest BCUT2D eigenvalue weighted by molar-refractivity contribution is 5.21. The Kier molecular flexibility index (Phi) is 1.79. The Bertz CT molecular complexity index is 461. The molecule has 0 aliphatic heterocycles. The highest BCUT2D eigenvalue weighted by Gasteiger charge is 2.53. The van der Waals surface area contributed by atoms with Crippen molar-refractivity contribution in [2.45, 2.75) is 43.9 Å². The lowest BCUT2D eigenvalue weighted by Crippen LogP contribution is -2.48. The maximum absolute atomic E-state index is 8.86. The molecule has 4 fully saturated rings. The molecule has 17 heavy (non-hydrogen) atoms. The van der Waals surface area contributed by atoms with Crippen LogP contribution in [0.2, 0.25) is 0 Å². The van der Waals surface area contributed by atoms with Gasteiger partial charge in [0.25, 0.3) is 0 Å². The Labute approximate surface area is 101 Å². The topological polar surface area (TPSA) is 49.8 Å². The van der Waals surface area contributed by atoms with Crippen LogP contribution in [0.5, 0.6) is 0 Å². The van der Waals surface area contributed by atoms with E-state index in [-0.39, 0.29) is 5.41 Å². The van der Waals surface area contributed by atoms with Gasteiger partial charge >= 0.3 is 0 Å². The van der Waals surface area contributed by atoms with Crippen molar-refractivity contribution in [3.63, 3.8) is 0 Å². The summed E-state index contributed by atoms with van der Waals surface area (Å²) in [5, 5.41) is 8.86. The highest BCUT2D eigenvalue weighted by Crippen LogP contribution is 2.60. The van der Waals surface area contributed by atoms with Crippen LogP contribution < -0.4 is 0 Å². The van der Waals surface area contributed by atoms with E-state index in [4.69, 9.17) is 9.68 Å². The van der Waals surface area contributed by atoms with Crippen LogP contribution in [0.1, 0.15) is 50.1 Å². The van der Waals surface area contributed by atoms with E-state index in [1.165, 1.54) is 44.8 Å². The van der Waals surface area contributed by atoms with Crippen LogP contribution >= 0.6 is 0 Å². The molecule has 0 saturated heterocycles. The van der Waals surface area contributed by atoms with Gasteiger partial charge in [0.1, 0.15) is 12.3 Å². The van der Waals surface area contributed by atoms with E-state index in [1.54, 1.807) is 0 Å². The molecule has 0 unspecified atom stereocenters. The van der Waals surface area contributed by atoms with Crippen LogP contribution in [0.25, 0.3) is 0 Å². The Morgan fingerprint density at radius 2 is 1.76 bits per heavy atom. The Balaban J connectivity index is 1.75. The molecule has 1 aromatic rings.